The van der Waals surface area contributed by atoms with E-state index in [0.717, 1.165) is 0 Å². The molecule has 2 N–H and O–H groups in total. The minimum atomic E-state index is -0.0159. The Hall–Kier alpha value is -1.99. The van der Waals surface area contributed by atoms with Crippen molar-refractivity contribution < 1.29 is 4.79 Å². The van der Waals surface area contributed by atoms with Crippen molar-refractivity contribution in [1.29, 1.82) is 5.26 Å². The second kappa shape index (κ2) is 4.71. The summed E-state index contributed by atoms with van der Waals surface area (Å²) in [6, 6.07) is 5.20. The average Bonchev–Trinajstić information content (AvgIpc) is 2.71. The Morgan fingerprint density at radius 1 is 1.61 bits per heavy atom. The van der Waals surface area contributed by atoms with E-state index in [1.54, 1.807) is 23.1 Å². The fourth-order valence-electron chi connectivity index (χ4n) is 2.06. The molecule has 1 aliphatic heterocycles. The number of nitriles is 1. The van der Waals surface area contributed by atoms with Crippen LogP contribution in [0.4, 0.5) is 11.4 Å². The van der Waals surface area contributed by atoms with E-state index in [2.05, 4.69) is 6.58 Å². The van der Waals surface area contributed by atoms with Crippen molar-refractivity contribution in [3.8, 4) is 6.07 Å². The van der Waals surface area contributed by atoms with Gasteiger partial charge in [-0.3, -0.25) is 4.79 Å². The molecule has 0 saturated carbocycles. The highest BCUT2D eigenvalue weighted by Gasteiger charge is 2.30. The second-order valence-electron chi connectivity index (χ2n) is 4.17. The number of carbonyl (C=O) groups excluding carboxylic acids is 1. The lowest BCUT2D eigenvalue weighted by Crippen LogP contribution is -2.25. The normalized spacial score (nSPS) is 18.8. The van der Waals surface area contributed by atoms with Crippen LogP contribution in [0.1, 0.15) is 12.0 Å². The van der Waals surface area contributed by atoms with Crippen LogP contribution in [0.2, 0.25) is 5.02 Å². The van der Waals surface area contributed by atoms with Crippen molar-refractivity contribution in [2.24, 2.45) is 5.92 Å². The van der Waals surface area contributed by atoms with Gasteiger partial charge in [-0.05, 0) is 12.1 Å². The number of benzene rings is 1. The van der Waals surface area contributed by atoms with Gasteiger partial charge in [0, 0.05) is 18.9 Å². The summed E-state index contributed by atoms with van der Waals surface area (Å²) in [5.41, 5.74) is 6.91. The molecule has 0 spiro atoms. The number of nitrogens with zero attached hydrogens (tertiary/aromatic N) is 2. The lowest BCUT2D eigenvalue weighted by atomic mass is 10.1. The number of nitrogen functional groups attached to an aromatic ring is 1. The minimum absolute atomic E-state index is 0.0159. The number of nitrogens with two attached hydrogens (primary N) is 1. The molecule has 1 fully saturated rings. The lowest BCUT2D eigenvalue weighted by molar-refractivity contribution is -0.117. The Labute approximate surface area is 110 Å². The molecule has 0 aromatic heterocycles. The van der Waals surface area contributed by atoms with Crippen molar-refractivity contribution in [3.63, 3.8) is 0 Å². The summed E-state index contributed by atoms with van der Waals surface area (Å²) in [4.78, 5) is 13.5. The molecule has 0 aliphatic carbocycles. The molecule has 1 aliphatic rings. The third-order valence-corrected chi connectivity index (χ3v) is 3.38. The lowest BCUT2D eigenvalue weighted by Gasteiger charge is -2.19. The molecular weight excluding hydrogens is 250 g/mol. The van der Waals surface area contributed by atoms with E-state index in [1.807, 2.05) is 6.07 Å². The van der Waals surface area contributed by atoms with Gasteiger partial charge < -0.3 is 10.6 Å². The van der Waals surface area contributed by atoms with Crippen molar-refractivity contribution in [1.82, 2.24) is 0 Å². The molecule has 4 nitrogen and oxygen atoms in total. The highest BCUT2D eigenvalue weighted by atomic mass is 35.5. The SMILES string of the molecule is C=CC1CC(=O)N(c2ccc(Cl)c(C#N)c2N)C1. The van der Waals surface area contributed by atoms with Crippen LogP contribution in [0.5, 0.6) is 0 Å². The minimum Gasteiger partial charge on any atom is -0.396 e. The molecule has 1 aromatic rings. The van der Waals surface area contributed by atoms with Crippen molar-refractivity contribution in [2.45, 2.75) is 6.42 Å². The first kappa shape index (κ1) is 12.5. The smallest absolute Gasteiger partial charge is 0.227 e. The van der Waals surface area contributed by atoms with Gasteiger partial charge in [-0.1, -0.05) is 17.7 Å². The zero-order chi connectivity index (χ0) is 13.3. The quantitative estimate of drug-likeness (QED) is 0.656. The fourth-order valence-corrected chi connectivity index (χ4v) is 2.26. The molecule has 1 unspecified atom stereocenters. The maximum atomic E-state index is 11.9. The van der Waals surface area contributed by atoms with Crippen LogP contribution in [0.25, 0.3) is 0 Å². The van der Waals surface area contributed by atoms with Crippen LogP contribution in [0.15, 0.2) is 24.8 Å². The summed E-state index contributed by atoms with van der Waals surface area (Å²) in [5.74, 6) is 0.107. The maximum absolute atomic E-state index is 11.9. The van der Waals surface area contributed by atoms with Crippen LogP contribution >= 0.6 is 11.6 Å². The summed E-state index contributed by atoms with van der Waals surface area (Å²) < 4.78 is 0. The molecule has 1 saturated heterocycles. The monoisotopic (exact) mass is 261 g/mol. The third kappa shape index (κ3) is 1.93. The number of rotatable bonds is 2. The van der Waals surface area contributed by atoms with Gasteiger partial charge in [0.05, 0.1) is 22.0 Å². The Morgan fingerprint density at radius 3 is 2.89 bits per heavy atom. The molecule has 1 aromatic carbocycles. The predicted molar refractivity (Wildman–Crippen MR) is 71.2 cm³/mol. The molecule has 1 heterocycles. The number of amides is 1. The summed E-state index contributed by atoms with van der Waals surface area (Å²) in [7, 11) is 0. The van der Waals surface area contributed by atoms with Crippen molar-refractivity contribution in [3.05, 3.63) is 35.4 Å². The van der Waals surface area contributed by atoms with E-state index in [9.17, 15) is 4.79 Å². The zero-order valence-corrected chi connectivity index (χ0v) is 10.4. The standard InChI is InChI=1S/C13H12ClN3O/c1-2-8-5-12(18)17(7-8)11-4-3-10(14)9(6-15)13(11)16/h2-4,8H,1,5,7,16H2. The predicted octanol–water partition coefficient (Wildman–Crippen LogP) is 2.33. The number of anilines is 2. The average molecular weight is 262 g/mol. The topological polar surface area (TPSA) is 70.1 Å². The molecule has 1 amide bonds. The second-order valence-corrected chi connectivity index (χ2v) is 4.58. The highest BCUT2D eigenvalue weighted by molar-refractivity contribution is 6.32. The Balaban J connectivity index is 2.44. The number of hydrogen-bond donors (Lipinski definition) is 1. The van der Waals surface area contributed by atoms with E-state index < -0.39 is 0 Å². The summed E-state index contributed by atoms with van der Waals surface area (Å²) >= 11 is 5.88. The van der Waals surface area contributed by atoms with Gasteiger partial charge in [0.15, 0.2) is 0 Å². The molecule has 2 rings (SSSR count). The van der Waals surface area contributed by atoms with E-state index >= 15 is 0 Å². The Bertz CT molecular complexity index is 562. The van der Waals surface area contributed by atoms with Crippen LogP contribution in [-0.4, -0.2) is 12.5 Å². The number of hydrogen-bond acceptors (Lipinski definition) is 3. The van der Waals surface area contributed by atoms with Crippen molar-refractivity contribution >= 4 is 28.9 Å². The van der Waals surface area contributed by atoms with Gasteiger partial charge in [-0.25, -0.2) is 0 Å². The van der Waals surface area contributed by atoms with Gasteiger partial charge in [-0.2, -0.15) is 5.26 Å². The highest BCUT2D eigenvalue weighted by Crippen LogP contribution is 2.35. The number of halogens is 1. The van der Waals surface area contributed by atoms with Crippen LogP contribution < -0.4 is 10.6 Å². The molecule has 1 atom stereocenters. The van der Waals surface area contributed by atoms with E-state index in [1.165, 1.54) is 0 Å². The van der Waals surface area contributed by atoms with Crippen LogP contribution in [0, 0.1) is 17.2 Å². The molecule has 18 heavy (non-hydrogen) atoms. The Morgan fingerprint density at radius 2 is 2.33 bits per heavy atom. The molecule has 0 radical (unpaired) electrons. The largest absolute Gasteiger partial charge is 0.396 e. The van der Waals surface area contributed by atoms with E-state index in [-0.39, 0.29) is 23.1 Å². The third-order valence-electron chi connectivity index (χ3n) is 3.06. The van der Waals surface area contributed by atoms with E-state index in [4.69, 9.17) is 22.6 Å². The summed E-state index contributed by atoms with van der Waals surface area (Å²) in [6.07, 6.45) is 2.18. The Kier molecular flexibility index (Phi) is 3.26. The van der Waals surface area contributed by atoms with Gasteiger partial charge in [0.1, 0.15) is 6.07 Å². The summed E-state index contributed by atoms with van der Waals surface area (Å²) in [5, 5.41) is 9.29. The first-order valence-corrected chi connectivity index (χ1v) is 5.87. The first-order valence-electron chi connectivity index (χ1n) is 5.49. The van der Waals surface area contributed by atoms with Crippen molar-refractivity contribution in [2.75, 3.05) is 17.2 Å². The van der Waals surface area contributed by atoms with Crippen LogP contribution in [-0.2, 0) is 4.79 Å². The molecular formula is C13H12ClN3O. The van der Waals surface area contributed by atoms with Gasteiger partial charge in [0.25, 0.3) is 0 Å². The molecule has 5 heteroatoms. The number of carbonyl (C=O) groups is 1. The van der Waals surface area contributed by atoms with E-state index in [0.29, 0.717) is 23.7 Å². The molecule has 0 bridgehead atoms. The van der Waals surface area contributed by atoms with Gasteiger partial charge in [-0.15, -0.1) is 6.58 Å². The zero-order valence-electron chi connectivity index (χ0n) is 9.69. The van der Waals surface area contributed by atoms with Gasteiger partial charge >= 0.3 is 0 Å². The summed E-state index contributed by atoms with van der Waals surface area (Å²) in [6.45, 7) is 4.23. The first-order chi connectivity index (χ1) is 8.58. The fraction of sp³-hybridized carbons (Fsp3) is 0.231. The molecule has 92 valence electrons. The van der Waals surface area contributed by atoms with Gasteiger partial charge in [0.2, 0.25) is 5.91 Å². The maximum Gasteiger partial charge on any atom is 0.227 e. The van der Waals surface area contributed by atoms with Crippen LogP contribution in [0.3, 0.4) is 0 Å².